The molecule has 3 rings (SSSR count). The summed E-state index contributed by atoms with van der Waals surface area (Å²) < 4.78 is 10.7. The third-order valence-corrected chi connectivity index (χ3v) is 4.53. The lowest BCUT2D eigenvalue weighted by Gasteiger charge is -2.30. The van der Waals surface area contributed by atoms with E-state index < -0.39 is 0 Å². The molecule has 5 nitrogen and oxygen atoms in total. The number of methoxy groups -OCH3 is 2. The van der Waals surface area contributed by atoms with E-state index in [1.165, 1.54) is 11.1 Å². The molecule has 0 aromatic heterocycles. The number of fused-ring (bicyclic) bond motifs is 1. The zero-order valence-electron chi connectivity index (χ0n) is 15.0. The van der Waals surface area contributed by atoms with Crippen LogP contribution in [0.25, 0.3) is 0 Å². The zero-order chi connectivity index (χ0) is 17.8. The quantitative estimate of drug-likeness (QED) is 0.909. The average molecular weight is 340 g/mol. The smallest absolute Gasteiger partial charge is 0.242 e. The number of anilines is 1. The summed E-state index contributed by atoms with van der Waals surface area (Å²) in [5, 5.41) is 3.21. The molecule has 0 radical (unpaired) electrons. The highest BCUT2D eigenvalue weighted by Crippen LogP contribution is 2.33. The monoisotopic (exact) mass is 340 g/mol. The molecule has 0 bridgehead atoms. The molecule has 1 aliphatic heterocycles. The second-order valence-electron chi connectivity index (χ2n) is 6.26. The van der Waals surface area contributed by atoms with Gasteiger partial charge in [0.15, 0.2) is 11.5 Å². The fourth-order valence-electron chi connectivity index (χ4n) is 3.14. The second kappa shape index (κ2) is 7.47. The van der Waals surface area contributed by atoms with Crippen LogP contribution in [0.3, 0.4) is 0 Å². The summed E-state index contributed by atoms with van der Waals surface area (Å²) in [7, 11) is 3.27. The van der Waals surface area contributed by atoms with Crippen LogP contribution < -0.4 is 14.8 Å². The molecule has 0 atom stereocenters. The molecule has 25 heavy (non-hydrogen) atoms. The van der Waals surface area contributed by atoms with Crippen LogP contribution in [-0.2, 0) is 17.8 Å². The number of nitrogens with zero attached hydrogens (tertiary/aromatic N) is 1. The molecule has 5 heteroatoms. The number of carbonyl (C=O) groups excluding carboxylic acids is 1. The van der Waals surface area contributed by atoms with Gasteiger partial charge in [0.05, 0.1) is 20.8 Å². The topological polar surface area (TPSA) is 50.8 Å². The molecule has 0 fully saturated rings. The van der Waals surface area contributed by atoms with Crippen LogP contribution in [0.5, 0.6) is 11.5 Å². The predicted octanol–water partition coefficient (Wildman–Crippen LogP) is 3.01. The Morgan fingerprint density at radius 1 is 1.12 bits per heavy atom. The first-order valence-corrected chi connectivity index (χ1v) is 8.43. The predicted molar refractivity (Wildman–Crippen MR) is 98.3 cm³/mol. The molecule has 0 spiro atoms. The summed E-state index contributed by atoms with van der Waals surface area (Å²) in [6.45, 7) is 3.66. The van der Waals surface area contributed by atoms with Crippen LogP contribution >= 0.6 is 0 Å². The number of carbonyl (C=O) groups is 1. The maximum absolute atomic E-state index is 12.6. The van der Waals surface area contributed by atoms with Crippen molar-refractivity contribution in [2.24, 2.45) is 0 Å². The fraction of sp³-hybridized carbons (Fsp3) is 0.350. The van der Waals surface area contributed by atoms with E-state index in [0.29, 0.717) is 18.8 Å². The van der Waals surface area contributed by atoms with Crippen molar-refractivity contribution < 1.29 is 14.3 Å². The van der Waals surface area contributed by atoms with Gasteiger partial charge < -0.3 is 19.7 Å². The molecule has 0 saturated heterocycles. The molecular formula is C20H24N2O3. The number of nitrogens with one attached hydrogen (secondary N) is 1. The Hall–Kier alpha value is -2.69. The molecule has 1 aliphatic rings. The molecule has 2 aromatic rings. The Bertz CT molecular complexity index is 774. The van der Waals surface area contributed by atoms with E-state index >= 15 is 0 Å². The summed E-state index contributed by atoms with van der Waals surface area (Å²) in [4.78, 5) is 14.4. The van der Waals surface area contributed by atoms with Crippen LogP contribution in [0.2, 0.25) is 0 Å². The number of amides is 1. The van der Waals surface area contributed by atoms with E-state index in [0.717, 1.165) is 30.0 Å². The maximum Gasteiger partial charge on any atom is 0.242 e. The van der Waals surface area contributed by atoms with E-state index in [1.54, 1.807) is 14.2 Å². The molecule has 0 saturated carbocycles. The van der Waals surface area contributed by atoms with Gasteiger partial charge in [-0.25, -0.2) is 0 Å². The molecular weight excluding hydrogens is 316 g/mol. The molecule has 0 unspecified atom stereocenters. The van der Waals surface area contributed by atoms with Crippen molar-refractivity contribution in [3.8, 4) is 11.5 Å². The van der Waals surface area contributed by atoms with Crippen molar-refractivity contribution in [1.82, 2.24) is 4.90 Å². The average Bonchev–Trinajstić information content (AvgIpc) is 2.64. The molecule has 0 aliphatic carbocycles. The highest BCUT2D eigenvalue weighted by Gasteiger charge is 2.22. The minimum atomic E-state index is 0.0990. The summed E-state index contributed by atoms with van der Waals surface area (Å²) in [6, 6.07) is 12.0. The minimum absolute atomic E-state index is 0.0990. The zero-order valence-corrected chi connectivity index (χ0v) is 15.0. The van der Waals surface area contributed by atoms with E-state index in [-0.39, 0.29) is 5.91 Å². The number of benzene rings is 2. The molecule has 1 amide bonds. The van der Waals surface area contributed by atoms with Crippen LogP contribution in [0.1, 0.15) is 16.7 Å². The van der Waals surface area contributed by atoms with E-state index in [1.807, 2.05) is 48.2 Å². The normalized spacial score (nSPS) is 13.2. The van der Waals surface area contributed by atoms with Gasteiger partial charge in [0, 0.05) is 18.8 Å². The highest BCUT2D eigenvalue weighted by molar-refractivity contribution is 5.81. The van der Waals surface area contributed by atoms with Crippen LogP contribution in [-0.4, -0.2) is 38.1 Å². The Morgan fingerprint density at radius 3 is 2.52 bits per heavy atom. The van der Waals surface area contributed by atoms with Gasteiger partial charge in [0.2, 0.25) is 5.91 Å². The lowest BCUT2D eigenvalue weighted by atomic mass is 9.98. The molecule has 2 aromatic carbocycles. The Morgan fingerprint density at radius 2 is 1.84 bits per heavy atom. The van der Waals surface area contributed by atoms with Crippen LogP contribution in [0.15, 0.2) is 36.4 Å². The van der Waals surface area contributed by atoms with Crippen molar-refractivity contribution in [2.75, 3.05) is 32.6 Å². The Kier molecular flexibility index (Phi) is 5.12. The van der Waals surface area contributed by atoms with Crippen molar-refractivity contribution in [3.05, 3.63) is 53.1 Å². The first-order valence-electron chi connectivity index (χ1n) is 8.43. The van der Waals surface area contributed by atoms with Crippen molar-refractivity contribution in [1.29, 1.82) is 0 Å². The Balaban J connectivity index is 1.66. The van der Waals surface area contributed by atoms with Crippen LogP contribution in [0, 0.1) is 6.92 Å². The number of ether oxygens (including phenoxy) is 2. The van der Waals surface area contributed by atoms with Gasteiger partial charge in [-0.1, -0.05) is 12.1 Å². The molecule has 1 N–H and O–H groups in total. The molecule has 132 valence electrons. The Labute approximate surface area is 148 Å². The van der Waals surface area contributed by atoms with Crippen LogP contribution in [0.4, 0.5) is 5.69 Å². The summed E-state index contributed by atoms with van der Waals surface area (Å²) >= 11 is 0. The first-order chi connectivity index (χ1) is 12.1. The minimum Gasteiger partial charge on any atom is -0.493 e. The summed E-state index contributed by atoms with van der Waals surface area (Å²) in [5.41, 5.74) is 4.48. The van der Waals surface area contributed by atoms with Gasteiger partial charge in [-0.15, -0.1) is 0 Å². The third-order valence-electron chi connectivity index (χ3n) is 4.53. The van der Waals surface area contributed by atoms with E-state index in [4.69, 9.17) is 9.47 Å². The second-order valence-corrected chi connectivity index (χ2v) is 6.26. The van der Waals surface area contributed by atoms with Gasteiger partial charge in [0.25, 0.3) is 0 Å². The van der Waals surface area contributed by atoms with Gasteiger partial charge in [-0.2, -0.15) is 0 Å². The van der Waals surface area contributed by atoms with E-state index in [9.17, 15) is 4.79 Å². The summed E-state index contributed by atoms with van der Waals surface area (Å²) in [6.07, 6.45) is 0.825. The lowest BCUT2D eigenvalue weighted by Crippen LogP contribution is -2.39. The SMILES string of the molecule is COc1cc2c(cc1OC)CN(C(=O)CNc1cccc(C)c1)CC2. The number of hydrogen-bond acceptors (Lipinski definition) is 4. The summed E-state index contributed by atoms with van der Waals surface area (Å²) in [5.74, 6) is 1.54. The maximum atomic E-state index is 12.6. The van der Waals surface area contributed by atoms with Gasteiger partial charge in [-0.05, 0) is 54.3 Å². The fourth-order valence-corrected chi connectivity index (χ4v) is 3.14. The number of rotatable bonds is 5. The number of aryl methyl sites for hydroxylation is 1. The third kappa shape index (κ3) is 3.87. The highest BCUT2D eigenvalue weighted by atomic mass is 16.5. The first kappa shape index (κ1) is 17.1. The number of hydrogen-bond donors (Lipinski definition) is 1. The van der Waals surface area contributed by atoms with Gasteiger partial charge in [-0.3, -0.25) is 4.79 Å². The molecule has 1 heterocycles. The van der Waals surface area contributed by atoms with Crippen molar-refractivity contribution >= 4 is 11.6 Å². The largest absolute Gasteiger partial charge is 0.493 e. The lowest BCUT2D eigenvalue weighted by molar-refractivity contribution is -0.130. The van der Waals surface area contributed by atoms with Crippen molar-refractivity contribution in [3.63, 3.8) is 0 Å². The van der Waals surface area contributed by atoms with Gasteiger partial charge >= 0.3 is 0 Å². The van der Waals surface area contributed by atoms with Crippen molar-refractivity contribution in [2.45, 2.75) is 19.9 Å². The van der Waals surface area contributed by atoms with E-state index in [2.05, 4.69) is 5.32 Å². The van der Waals surface area contributed by atoms with Gasteiger partial charge in [0.1, 0.15) is 0 Å². The standard InChI is InChI=1S/C20H24N2O3/c1-14-5-4-6-17(9-14)21-12-20(23)22-8-7-15-10-18(24-2)19(25-3)11-16(15)13-22/h4-6,9-11,21H,7-8,12-13H2,1-3H3.